The molecule has 0 atom stereocenters. The van der Waals surface area contributed by atoms with Crippen molar-refractivity contribution in [2.75, 3.05) is 33.4 Å². The molecule has 0 spiro atoms. The molecule has 0 aromatic carbocycles. The minimum absolute atomic E-state index is 0.553. The fourth-order valence-electron chi connectivity index (χ4n) is 1.78. The van der Waals surface area contributed by atoms with Gasteiger partial charge in [0.25, 0.3) is 0 Å². The summed E-state index contributed by atoms with van der Waals surface area (Å²) in [6.07, 6.45) is 1.83. The molecule has 0 aliphatic carbocycles. The summed E-state index contributed by atoms with van der Waals surface area (Å²) in [5, 5.41) is 3.42. The van der Waals surface area contributed by atoms with Crippen molar-refractivity contribution < 1.29 is 4.74 Å². The van der Waals surface area contributed by atoms with E-state index in [4.69, 9.17) is 4.74 Å². The molecule has 0 saturated heterocycles. The molecule has 1 heterocycles. The van der Waals surface area contributed by atoms with Crippen molar-refractivity contribution in [2.24, 2.45) is 0 Å². The first-order valence-electron chi connectivity index (χ1n) is 6.57. The minimum atomic E-state index is 0.553. The van der Waals surface area contributed by atoms with Gasteiger partial charge in [0, 0.05) is 45.5 Å². The lowest BCUT2D eigenvalue weighted by molar-refractivity contribution is 0.130. The van der Waals surface area contributed by atoms with E-state index in [1.54, 1.807) is 7.11 Å². The maximum Gasteiger partial charge on any atom is 0.0589 e. The Balaban J connectivity index is 2.18. The number of rotatable bonds is 9. The molecule has 0 saturated carbocycles. The summed E-state index contributed by atoms with van der Waals surface area (Å²) in [5.41, 5.74) is 1.09. The number of nitrogens with zero attached hydrogens (tertiary/aromatic N) is 2. The molecule has 0 fully saturated rings. The van der Waals surface area contributed by atoms with Crippen LogP contribution >= 0.6 is 0 Å². The second-order valence-corrected chi connectivity index (χ2v) is 4.62. The molecule has 102 valence electrons. The summed E-state index contributed by atoms with van der Waals surface area (Å²) in [7, 11) is 1.75. The molecular weight excluding hydrogens is 226 g/mol. The van der Waals surface area contributed by atoms with Gasteiger partial charge < -0.3 is 10.1 Å². The zero-order valence-electron chi connectivity index (χ0n) is 11.7. The van der Waals surface area contributed by atoms with Gasteiger partial charge in [0.05, 0.1) is 12.3 Å². The van der Waals surface area contributed by atoms with E-state index in [1.165, 1.54) is 0 Å². The molecule has 0 bridgehead atoms. The predicted octanol–water partition coefficient (Wildman–Crippen LogP) is 1.53. The largest absolute Gasteiger partial charge is 0.383 e. The topological polar surface area (TPSA) is 37.4 Å². The monoisotopic (exact) mass is 251 g/mol. The summed E-state index contributed by atoms with van der Waals surface area (Å²) < 4.78 is 5.13. The predicted molar refractivity (Wildman–Crippen MR) is 74.5 cm³/mol. The molecule has 1 aromatic rings. The van der Waals surface area contributed by atoms with E-state index in [-0.39, 0.29) is 0 Å². The number of ether oxygens (including phenoxy) is 1. The molecule has 0 aliphatic heterocycles. The van der Waals surface area contributed by atoms with E-state index in [2.05, 4.69) is 29.0 Å². The summed E-state index contributed by atoms with van der Waals surface area (Å²) in [6, 6.07) is 6.55. The Kier molecular flexibility index (Phi) is 7.57. The Morgan fingerprint density at radius 2 is 2.17 bits per heavy atom. The molecule has 0 radical (unpaired) electrons. The van der Waals surface area contributed by atoms with Gasteiger partial charge in [-0.3, -0.25) is 9.88 Å². The fraction of sp³-hybridized carbons (Fsp3) is 0.643. The highest BCUT2D eigenvalue weighted by Gasteiger charge is 2.07. The van der Waals surface area contributed by atoms with E-state index in [9.17, 15) is 0 Å². The van der Waals surface area contributed by atoms with Crippen LogP contribution in [0.25, 0.3) is 0 Å². The molecular formula is C14H25N3O. The molecule has 4 heteroatoms. The Morgan fingerprint density at radius 3 is 2.78 bits per heavy atom. The molecule has 1 N–H and O–H groups in total. The molecule has 0 aliphatic rings. The van der Waals surface area contributed by atoms with Gasteiger partial charge in [-0.15, -0.1) is 0 Å². The molecule has 0 unspecified atom stereocenters. The van der Waals surface area contributed by atoms with Crippen LogP contribution in [0.2, 0.25) is 0 Å². The highest BCUT2D eigenvalue weighted by Crippen LogP contribution is 1.97. The normalized spacial score (nSPS) is 11.4. The molecule has 1 aromatic heterocycles. The van der Waals surface area contributed by atoms with Gasteiger partial charge in [-0.05, 0) is 26.0 Å². The standard InChI is InChI=1S/C14H25N3O/c1-13(2)17(10-11-18-3)9-8-15-12-14-6-4-5-7-16-14/h4-7,13,15H,8-12H2,1-3H3. The van der Waals surface area contributed by atoms with Crippen LogP contribution in [0.4, 0.5) is 0 Å². The van der Waals surface area contributed by atoms with E-state index >= 15 is 0 Å². The lowest BCUT2D eigenvalue weighted by Gasteiger charge is -2.26. The third-order valence-electron chi connectivity index (χ3n) is 2.92. The maximum absolute atomic E-state index is 5.13. The lowest BCUT2D eigenvalue weighted by atomic mass is 10.3. The van der Waals surface area contributed by atoms with Crippen molar-refractivity contribution in [1.29, 1.82) is 0 Å². The van der Waals surface area contributed by atoms with Crippen molar-refractivity contribution in [3.05, 3.63) is 30.1 Å². The van der Waals surface area contributed by atoms with Gasteiger partial charge in [-0.25, -0.2) is 0 Å². The van der Waals surface area contributed by atoms with Crippen molar-refractivity contribution in [3.63, 3.8) is 0 Å². The first-order chi connectivity index (χ1) is 8.74. The maximum atomic E-state index is 5.13. The average Bonchev–Trinajstić information content (AvgIpc) is 2.38. The van der Waals surface area contributed by atoms with Gasteiger partial charge in [0.15, 0.2) is 0 Å². The van der Waals surface area contributed by atoms with Crippen LogP contribution < -0.4 is 5.32 Å². The second kappa shape index (κ2) is 9.03. The van der Waals surface area contributed by atoms with Gasteiger partial charge in [-0.2, -0.15) is 0 Å². The van der Waals surface area contributed by atoms with Gasteiger partial charge in [0.2, 0.25) is 0 Å². The average molecular weight is 251 g/mol. The summed E-state index contributed by atoms with van der Waals surface area (Å²) in [4.78, 5) is 6.70. The van der Waals surface area contributed by atoms with Gasteiger partial charge in [0.1, 0.15) is 0 Å². The second-order valence-electron chi connectivity index (χ2n) is 4.62. The minimum Gasteiger partial charge on any atom is -0.383 e. The highest BCUT2D eigenvalue weighted by molar-refractivity contribution is 5.02. The quantitative estimate of drug-likeness (QED) is 0.675. The number of nitrogens with one attached hydrogen (secondary N) is 1. The van der Waals surface area contributed by atoms with Crippen LogP contribution in [0.15, 0.2) is 24.4 Å². The Morgan fingerprint density at radius 1 is 1.33 bits per heavy atom. The molecule has 1 rings (SSSR count). The Bertz CT molecular complexity index is 303. The van der Waals surface area contributed by atoms with Crippen LogP contribution in [0.3, 0.4) is 0 Å². The van der Waals surface area contributed by atoms with Crippen molar-refractivity contribution in [1.82, 2.24) is 15.2 Å². The SMILES string of the molecule is COCCN(CCNCc1ccccn1)C(C)C. The van der Waals surface area contributed by atoms with Crippen LogP contribution in [0, 0.1) is 0 Å². The first kappa shape index (κ1) is 15.1. The van der Waals surface area contributed by atoms with Crippen molar-refractivity contribution >= 4 is 0 Å². The van der Waals surface area contributed by atoms with E-state index < -0.39 is 0 Å². The Hall–Kier alpha value is -0.970. The summed E-state index contributed by atoms with van der Waals surface area (Å²) in [5.74, 6) is 0. The summed E-state index contributed by atoms with van der Waals surface area (Å²) >= 11 is 0. The number of hydrogen-bond acceptors (Lipinski definition) is 4. The molecule has 4 nitrogen and oxygen atoms in total. The van der Waals surface area contributed by atoms with Crippen LogP contribution in [-0.2, 0) is 11.3 Å². The van der Waals surface area contributed by atoms with Crippen molar-refractivity contribution in [2.45, 2.75) is 26.4 Å². The molecule has 0 amide bonds. The van der Waals surface area contributed by atoms with Crippen molar-refractivity contribution in [3.8, 4) is 0 Å². The third kappa shape index (κ3) is 6.10. The molecule has 18 heavy (non-hydrogen) atoms. The van der Waals surface area contributed by atoms with E-state index in [0.29, 0.717) is 6.04 Å². The first-order valence-corrected chi connectivity index (χ1v) is 6.57. The van der Waals surface area contributed by atoms with Gasteiger partial charge >= 0.3 is 0 Å². The fourth-order valence-corrected chi connectivity index (χ4v) is 1.78. The number of methoxy groups -OCH3 is 1. The number of hydrogen-bond donors (Lipinski definition) is 1. The highest BCUT2D eigenvalue weighted by atomic mass is 16.5. The number of pyridine rings is 1. The zero-order chi connectivity index (χ0) is 13.2. The van der Waals surface area contributed by atoms with E-state index in [0.717, 1.165) is 38.5 Å². The summed E-state index contributed by atoms with van der Waals surface area (Å²) in [6.45, 7) is 9.05. The smallest absolute Gasteiger partial charge is 0.0589 e. The van der Waals surface area contributed by atoms with Crippen LogP contribution in [0.1, 0.15) is 19.5 Å². The zero-order valence-corrected chi connectivity index (χ0v) is 11.7. The lowest BCUT2D eigenvalue weighted by Crippen LogP contribution is -2.38. The van der Waals surface area contributed by atoms with E-state index in [1.807, 2.05) is 24.4 Å². The van der Waals surface area contributed by atoms with Gasteiger partial charge in [-0.1, -0.05) is 6.07 Å². The number of aromatic nitrogens is 1. The van der Waals surface area contributed by atoms with Crippen LogP contribution in [-0.4, -0.2) is 49.3 Å². The third-order valence-corrected chi connectivity index (χ3v) is 2.92. The van der Waals surface area contributed by atoms with Crippen LogP contribution in [0.5, 0.6) is 0 Å². The Labute approximate surface area is 110 Å².